The predicted molar refractivity (Wildman–Crippen MR) is 86.8 cm³/mol. The average molecular weight is 342 g/mol. The zero-order chi connectivity index (χ0) is 14.3. The van der Waals surface area contributed by atoms with Crippen LogP contribution in [0.4, 0.5) is 0 Å². The summed E-state index contributed by atoms with van der Waals surface area (Å²) in [5.74, 6) is 0.729. The second-order valence-corrected chi connectivity index (χ2v) is 6.37. The second-order valence-electron chi connectivity index (χ2n) is 4.22. The summed E-state index contributed by atoms with van der Waals surface area (Å²) >= 11 is 19.4. The maximum Gasteiger partial charge on any atom is 0.200 e. The molecule has 1 N–H and O–H groups in total. The van der Waals surface area contributed by atoms with Crippen LogP contribution >= 0.6 is 46.8 Å². The molecule has 0 aliphatic rings. The van der Waals surface area contributed by atoms with E-state index < -0.39 is 0 Å². The predicted octanol–water partition coefficient (Wildman–Crippen LogP) is 5.27. The van der Waals surface area contributed by atoms with Gasteiger partial charge in [-0.2, -0.15) is 5.10 Å². The number of halogens is 2. The topological polar surface area (TPSA) is 33.6 Å². The SMILES string of the molecule is Cc1cc(Cl)c(-n2c(-c3cccs3)n[nH]c2=S)cc1Cl. The first-order valence-electron chi connectivity index (χ1n) is 5.75. The van der Waals surface area contributed by atoms with Gasteiger partial charge in [0, 0.05) is 5.02 Å². The number of hydrogen-bond donors (Lipinski definition) is 1. The van der Waals surface area contributed by atoms with E-state index in [1.807, 2.05) is 36.6 Å². The highest BCUT2D eigenvalue weighted by molar-refractivity contribution is 7.71. The van der Waals surface area contributed by atoms with E-state index in [0.29, 0.717) is 14.8 Å². The van der Waals surface area contributed by atoms with Gasteiger partial charge in [0.2, 0.25) is 0 Å². The van der Waals surface area contributed by atoms with E-state index in [2.05, 4.69) is 10.2 Å². The Morgan fingerprint density at radius 1 is 1.30 bits per heavy atom. The van der Waals surface area contributed by atoms with Crippen molar-refractivity contribution in [2.45, 2.75) is 6.92 Å². The molecule has 0 fully saturated rings. The minimum atomic E-state index is 0.482. The lowest BCUT2D eigenvalue weighted by atomic mass is 10.2. The van der Waals surface area contributed by atoms with Crippen LogP contribution in [0, 0.1) is 11.7 Å². The number of aryl methyl sites for hydroxylation is 1. The lowest BCUT2D eigenvalue weighted by Crippen LogP contribution is -1.98. The minimum absolute atomic E-state index is 0.482. The van der Waals surface area contributed by atoms with E-state index in [-0.39, 0.29) is 0 Å². The molecule has 0 saturated carbocycles. The maximum absolute atomic E-state index is 6.33. The standard InChI is InChI=1S/C13H9Cl2N3S2/c1-7-5-9(15)10(6-8(7)14)18-12(16-17-13(18)19)11-3-2-4-20-11/h2-6H,1H3,(H,17,19). The van der Waals surface area contributed by atoms with Gasteiger partial charge >= 0.3 is 0 Å². The van der Waals surface area contributed by atoms with Gasteiger partial charge in [-0.25, -0.2) is 0 Å². The van der Waals surface area contributed by atoms with Crippen molar-refractivity contribution in [3.05, 3.63) is 50.0 Å². The number of H-pyrrole nitrogens is 1. The van der Waals surface area contributed by atoms with Gasteiger partial charge in [-0.1, -0.05) is 29.3 Å². The monoisotopic (exact) mass is 341 g/mol. The molecule has 0 atom stereocenters. The number of nitrogens with zero attached hydrogens (tertiary/aromatic N) is 2. The molecule has 0 unspecified atom stereocenters. The van der Waals surface area contributed by atoms with E-state index in [1.54, 1.807) is 15.9 Å². The van der Waals surface area contributed by atoms with Crippen LogP contribution in [0.15, 0.2) is 29.6 Å². The Hall–Kier alpha value is -1.14. The van der Waals surface area contributed by atoms with Gasteiger partial charge in [-0.05, 0) is 48.3 Å². The lowest BCUT2D eigenvalue weighted by Gasteiger charge is -2.10. The number of benzene rings is 1. The van der Waals surface area contributed by atoms with Gasteiger partial charge < -0.3 is 0 Å². The molecule has 102 valence electrons. The van der Waals surface area contributed by atoms with Crippen molar-refractivity contribution in [1.82, 2.24) is 14.8 Å². The summed E-state index contributed by atoms with van der Waals surface area (Å²) in [6.07, 6.45) is 0. The van der Waals surface area contributed by atoms with Crippen LogP contribution in [0.3, 0.4) is 0 Å². The minimum Gasteiger partial charge on any atom is -0.266 e. The van der Waals surface area contributed by atoms with Crippen molar-refractivity contribution in [2.24, 2.45) is 0 Å². The molecule has 0 saturated heterocycles. The van der Waals surface area contributed by atoms with Crippen molar-refractivity contribution in [3.63, 3.8) is 0 Å². The highest BCUT2D eigenvalue weighted by atomic mass is 35.5. The Bertz CT molecular complexity index is 819. The van der Waals surface area contributed by atoms with Crippen LogP contribution in [0.1, 0.15) is 5.56 Å². The molecule has 0 spiro atoms. The third-order valence-electron chi connectivity index (χ3n) is 2.88. The molecule has 2 heterocycles. The van der Waals surface area contributed by atoms with Gasteiger partial charge in [0.05, 0.1) is 15.6 Å². The molecular weight excluding hydrogens is 333 g/mol. The summed E-state index contributed by atoms with van der Waals surface area (Å²) in [5, 5.41) is 10.3. The van der Waals surface area contributed by atoms with E-state index in [0.717, 1.165) is 22.0 Å². The van der Waals surface area contributed by atoms with Crippen molar-refractivity contribution in [2.75, 3.05) is 0 Å². The van der Waals surface area contributed by atoms with E-state index in [4.69, 9.17) is 35.4 Å². The Labute approximate surface area is 134 Å². The molecule has 1 aromatic carbocycles. The molecule has 2 aromatic heterocycles. The fourth-order valence-corrected chi connectivity index (χ4v) is 3.29. The first kappa shape index (κ1) is 13.8. The van der Waals surface area contributed by atoms with E-state index >= 15 is 0 Å². The van der Waals surface area contributed by atoms with E-state index in [9.17, 15) is 0 Å². The molecule has 0 bridgehead atoms. The average Bonchev–Trinajstić information content (AvgIpc) is 3.03. The molecule has 3 aromatic rings. The lowest BCUT2D eigenvalue weighted by molar-refractivity contribution is 1.04. The smallest absolute Gasteiger partial charge is 0.200 e. The van der Waals surface area contributed by atoms with Gasteiger partial charge in [-0.3, -0.25) is 9.67 Å². The molecular formula is C13H9Cl2N3S2. The van der Waals surface area contributed by atoms with Crippen molar-refractivity contribution >= 4 is 46.8 Å². The van der Waals surface area contributed by atoms with Crippen molar-refractivity contribution < 1.29 is 0 Å². The maximum atomic E-state index is 6.33. The third-order valence-corrected chi connectivity index (χ3v) is 4.73. The van der Waals surface area contributed by atoms with Gasteiger partial charge in [0.1, 0.15) is 0 Å². The molecule has 0 radical (unpaired) electrons. The Balaban J connectivity index is 2.28. The van der Waals surface area contributed by atoms with Gasteiger partial charge in [0.15, 0.2) is 10.6 Å². The molecule has 3 rings (SSSR count). The summed E-state index contributed by atoms with van der Waals surface area (Å²) in [5.41, 5.74) is 1.65. The summed E-state index contributed by atoms with van der Waals surface area (Å²) in [6, 6.07) is 7.58. The fourth-order valence-electron chi connectivity index (χ4n) is 1.90. The first-order chi connectivity index (χ1) is 9.58. The number of aromatic nitrogens is 3. The molecule has 20 heavy (non-hydrogen) atoms. The quantitative estimate of drug-likeness (QED) is 0.644. The molecule has 0 amide bonds. The van der Waals surface area contributed by atoms with E-state index in [1.165, 1.54) is 0 Å². The largest absolute Gasteiger partial charge is 0.266 e. The van der Waals surface area contributed by atoms with Crippen LogP contribution in [-0.4, -0.2) is 14.8 Å². The molecule has 3 nitrogen and oxygen atoms in total. The van der Waals surface area contributed by atoms with Gasteiger partial charge in [-0.15, -0.1) is 11.3 Å². The fraction of sp³-hybridized carbons (Fsp3) is 0.0769. The zero-order valence-corrected chi connectivity index (χ0v) is 13.5. The Kier molecular flexibility index (Phi) is 3.69. The molecule has 0 aliphatic heterocycles. The van der Waals surface area contributed by atoms with Crippen LogP contribution in [0.25, 0.3) is 16.4 Å². The van der Waals surface area contributed by atoms with Crippen molar-refractivity contribution in [3.8, 4) is 16.4 Å². The number of rotatable bonds is 2. The van der Waals surface area contributed by atoms with Crippen LogP contribution in [-0.2, 0) is 0 Å². The number of aromatic amines is 1. The summed E-state index contributed by atoms with van der Waals surface area (Å²) in [6.45, 7) is 1.91. The third kappa shape index (κ3) is 2.31. The molecule has 0 aliphatic carbocycles. The first-order valence-corrected chi connectivity index (χ1v) is 7.79. The second kappa shape index (κ2) is 5.33. The summed E-state index contributed by atoms with van der Waals surface area (Å²) < 4.78 is 2.28. The van der Waals surface area contributed by atoms with Gasteiger partial charge in [0.25, 0.3) is 0 Å². The summed E-state index contributed by atoms with van der Waals surface area (Å²) in [4.78, 5) is 1.00. The normalized spacial score (nSPS) is 10.9. The number of hydrogen-bond acceptors (Lipinski definition) is 3. The number of nitrogens with one attached hydrogen (secondary N) is 1. The Morgan fingerprint density at radius 3 is 2.80 bits per heavy atom. The zero-order valence-electron chi connectivity index (χ0n) is 10.4. The highest BCUT2D eigenvalue weighted by Gasteiger charge is 2.15. The summed E-state index contributed by atoms with van der Waals surface area (Å²) in [7, 11) is 0. The van der Waals surface area contributed by atoms with Crippen LogP contribution < -0.4 is 0 Å². The highest BCUT2D eigenvalue weighted by Crippen LogP contribution is 2.32. The molecule has 7 heteroatoms. The Morgan fingerprint density at radius 2 is 2.10 bits per heavy atom. The van der Waals surface area contributed by atoms with Crippen LogP contribution in [0.2, 0.25) is 10.0 Å². The number of thiophene rings is 1. The van der Waals surface area contributed by atoms with Crippen molar-refractivity contribution in [1.29, 1.82) is 0 Å². The van der Waals surface area contributed by atoms with Crippen LogP contribution in [0.5, 0.6) is 0 Å².